The summed E-state index contributed by atoms with van der Waals surface area (Å²) < 4.78 is 0. The largest absolute Gasteiger partial charge is 0.481 e. The first-order chi connectivity index (χ1) is 17.7. The summed E-state index contributed by atoms with van der Waals surface area (Å²) in [7, 11) is 0. The molecule has 1 amide bonds. The summed E-state index contributed by atoms with van der Waals surface area (Å²) in [5.41, 5.74) is 6.35. The van der Waals surface area contributed by atoms with Crippen LogP contribution < -0.4 is 5.32 Å². The molecule has 0 spiro atoms. The molecule has 1 aromatic heterocycles. The number of rotatable bonds is 8. The average Bonchev–Trinajstić information content (AvgIpc) is 2.85. The number of benzene rings is 2. The lowest BCUT2D eigenvalue weighted by Gasteiger charge is -2.33. The highest BCUT2D eigenvalue weighted by Crippen LogP contribution is 2.41. The van der Waals surface area contributed by atoms with Gasteiger partial charge in [0.2, 0.25) is 5.91 Å². The van der Waals surface area contributed by atoms with Crippen molar-refractivity contribution in [1.29, 1.82) is 0 Å². The average molecular weight is 521 g/mol. The monoisotopic (exact) mass is 520 g/mol. The Labute approximate surface area is 225 Å². The number of pyridine rings is 1. The van der Waals surface area contributed by atoms with Gasteiger partial charge in [0.15, 0.2) is 0 Å². The Balaban J connectivity index is 0.00000186. The van der Waals surface area contributed by atoms with Crippen LogP contribution in [-0.4, -0.2) is 22.0 Å². The lowest BCUT2D eigenvalue weighted by Crippen LogP contribution is -2.31. The van der Waals surface area contributed by atoms with Gasteiger partial charge in [0.05, 0.1) is 23.1 Å². The van der Waals surface area contributed by atoms with Crippen LogP contribution in [0.3, 0.4) is 0 Å². The fourth-order valence-corrected chi connectivity index (χ4v) is 5.03. The van der Waals surface area contributed by atoms with Gasteiger partial charge in [-0.1, -0.05) is 75.2 Å². The SMILES string of the molecule is CC.Cc1ncc(-c2ccc(C(C(=O)Nc3cccc(C(C)CC(=O)O)c3C)C3CCC3)cc2)cc1Cl. The van der Waals surface area contributed by atoms with Crippen molar-refractivity contribution in [3.05, 3.63) is 82.1 Å². The van der Waals surface area contributed by atoms with E-state index in [-0.39, 0.29) is 24.2 Å². The number of anilines is 1. The number of carboxylic acid groups (broad SMARTS) is 1. The number of nitrogens with zero attached hydrogens (tertiary/aromatic N) is 1. The molecule has 2 atom stereocenters. The Hall–Kier alpha value is -3.18. The molecule has 6 heteroatoms. The zero-order valence-electron chi connectivity index (χ0n) is 22.3. The summed E-state index contributed by atoms with van der Waals surface area (Å²) in [4.78, 5) is 29.1. The molecule has 4 rings (SSSR count). The van der Waals surface area contributed by atoms with Gasteiger partial charge < -0.3 is 10.4 Å². The van der Waals surface area contributed by atoms with Crippen molar-refractivity contribution in [1.82, 2.24) is 4.98 Å². The standard InChI is InChI=1S/C29H31ClN2O3.C2H6/c1-17(14-27(33)34)24-8-5-9-26(18(24)2)32-29(35)28(21-6-4-7-21)22-12-10-20(11-13-22)23-15-25(30)19(3)31-16-23;1-2/h5,8-13,15-17,21,28H,4,6-7,14H2,1-3H3,(H,32,35)(H,33,34);1-2H3. The second kappa shape index (κ2) is 12.9. The third-order valence-corrected chi connectivity index (χ3v) is 7.56. The van der Waals surface area contributed by atoms with Gasteiger partial charge in [0.25, 0.3) is 0 Å². The van der Waals surface area contributed by atoms with Gasteiger partial charge in [-0.3, -0.25) is 14.6 Å². The zero-order valence-corrected chi connectivity index (χ0v) is 23.1. The van der Waals surface area contributed by atoms with E-state index in [1.165, 1.54) is 0 Å². The van der Waals surface area contributed by atoms with E-state index >= 15 is 0 Å². The molecule has 2 unspecified atom stereocenters. The predicted octanol–water partition coefficient (Wildman–Crippen LogP) is 8.15. The normalized spacial score (nSPS) is 14.5. The minimum Gasteiger partial charge on any atom is -0.481 e. The molecular formula is C31H37ClN2O3. The number of hydrogen-bond acceptors (Lipinski definition) is 3. The maximum atomic E-state index is 13.6. The number of aliphatic carboxylic acids is 1. The number of hydrogen-bond donors (Lipinski definition) is 2. The molecule has 0 saturated heterocycles. The van der Waals surface area contributed by atoms with Gasteiger partial charge in [0.1, 0.15) is 0 Å². The molecular weight excluding hydrogens is 484 g/mol. The molecule has 0 radical (unpaired) electrons. The van der Waals surface area contributed by atoms with Crippen molar-refractivity contribution in [3.63, 3.8) is 0 Å². The van der Waals surface area contributed by atoms with Crippen LogP contribution in [0.5, 0.6) is 0 Å². The Morgan fingerprint density at radius 3 is 2.32 bits per heavy atom. The molecule has 3 aromatic rings. The Kier molecular flexibility index (Phi) is 9.87. The lowest BCUT2D eigenvalue weighted by atomic mass is 9.72. The fourth-order valence-electron chi connectivity index (χ4n) is 4.86. The van der Waals surface area contributed by atoms with Crippen LogP contribution in [0.1, 0.15) is 80.7 Å². The number of amides is 1. The van der Waals surface area contributed by atoms with E-state index in [2.05, 4.69) is 10.3 Å². The molecule has 196 valence electrons. The maximum absolute atomic E-state index is 13.6. The van der Waals surface area contributed by atoms with E-state index in [1.54, 1.807) is 0 Å². The zero-order chi connectivity index (χ0) is 27.1. The van der Waals surface area contributed by atoms with Crippen molar-refractivity contribution >= 4 is 29.2 Å². The highest BCUT2D eigenvalue weighted by atomic mass is 35.5. The highest BCUT2D eigenvalue weighted by Gasteiger charge is 2.34. The summed E-state index contributed by atoms with van der Waals surface area (Å²) in [6.45, 7) is 9.72. The first-order valence-electron chi connectivity index (χ1n) is 13.1. The number of halogens is 1. The molecule has 0 aliphatic heterocycles. The first kappa shape index (κ1) is 28.4. The van der Waals surface area contributed by atoms with Crippen molar-refractivity contribution in [2.45, 2.75) is 72.1 Å². The van der Waals surface area contributed by atoms with Gasteiger partial charge in [-0.25, -0.2) is 0 Å². The summed E-state index contributed by atoms with van der Waals surface area (Å²) >= 11 is 6.26. The second-order valence-corrected chi connectivity index (χ2v) is 10.00. The van der Waals surface area contributed by atoms with Gasteiger partial charge in [-0.05, 0) is 72.9 Å². The molecule has 5 nitrogen and oxygen atoms in total. The van der Waals surface area contributed by atoms with Crippen molar-refractivity contribution in [2.75, 3.05) is 5.32 Å². The third kappa shape index (κ3) is 6.78. The van der Waals surface area contributed by atoms with E-state index in [4.69, 9.17) is 11.6 Å². The smallest absolute Gasteiger partial charge is 0.303 e. The summed E-state index contributed by atoms with van der Waals surface area (Å²) in [5, 5.41) is 13.0. The van der Waals surface area contributed by atoms with E-state index in [9.17, 15) is 14.7 Å². The van der Waals surface area contributed by atoms with Crippen LogP contribution in [0.15, 0.2) is 54.7 Å². The lowest BCUT2D eigenvalue weighted by molar-refractivity contribution is -0.137. The molecule has 1 aliphatic rings. The molecule has 2 aromatic carbocycles. The van der Waals surface area contributed by atoms with Gasteiger partial charge in [-0.15, -0.1) is 0 Å². The van der Waals surface area contributed by atoms with Gasteiger partial charge >= 0.3 is 5.97 Å². The van der Waals surface area contributed by atoms with Crippen LogP contribution in [0.25, 0.3) is 11.1 Å². The topological polar surface area (TPSA) is 79.3 Å². The van der Waals surface area contributed by atoms with Gasteiger partial charge in [-0.2, -0.15) is 0 Å². The number of carbonyl (C=O) groups is 2. The van der Waals surface area contributed by atoms with Crippen molar-refractivity contribution in [3.8, 4) is 11.1 Å². The van der Waals surface area contributed by atoms with Crippen LogP contribution in [0.2, 0.25) is 5.02 Å². The number of carbonyl (C=O) groups excluding carboxylic acids is 1. The molecule has 0 bridgehead atoms. The highest BCUT2D eigenvalue weighted by molar-refractivity contribution is 6.31. The fraction of sp³-hybridized carbons (Fsp3) is 0.387. The molecule has 1 aliphatic carbocycles. The second-order valence-electron chi connectivity index (χ2n) is 9.59. The van der Waals surface area contributed by atoms with Crippen molar-refractivity contribution in [2.24, 2.45) is 5.92 Å². The third-order valence-electron chi connectivity index (χ3n) is 7.18. The van der Waals surface area contributed by atoms with Crippen LogP contribution in [-0.2, 0) is 9.59 Å². The predicted molar refractivity (Wildman–Crippen MR) is 151 cm³/mol. The number of carboxylic acids is 1. The Morgan fingerprint density at radius 2 is 1.76 bits per heavy atom. The minimum atomic E-state index is -0.830. The number of aromatic nitrogens is 1. The van der Waals surface area contributed by atoms with Crippen LogP contribution >= 0.6 is 11.6 Å². The summed E-state index contributed by atoms with van der Waals surface area (Å²) in [6.07, 6.45) is 5.07. The van der Waals surface area contributed by atoms with E-state index in [1.807, 2.05) is 89.3 Å². The van der Waals surface area contributed by atoms with Crippen LogP contribution in [0, 0.1) is 19.8 Å². The van der Waals surface area contributed by atoms with E-state index < -0.39 is 5.97 Å². The van der Waals surface area contributed by atoms with E-state index in [0.29, 0.717) is 10.9 Å². The summed E-state index contributed by atoms with van der Waals surface area (Å²) in [6, 6.07) is 15.7. The quantitative estimate of drug-likeness (QED) is 0.314. The van der Waals surface area contributed by atoms with Crippen LogP contribution in [0.4, 0.5) is 5.69 Å². The number of nitrogens with one attached hydrogen (secondary N) is 1. The number of aryl methyl sites for hydroxylation is 1. The van der Waals surface area contributed by atoms with Crippen molar-refractivity contribution < 1.29 is 14.7 Å². The minimum absolute atomic E-state index is 0.0198. The molecule has 2 N–H and O–H groups in total. The van der Waals surface area contributed by atoms with E-state index in [0.717, 1.165) is 58.5 Å². The Morgan fingerprint density at radius 1 is 1.08 bits per heavy atom. The molecule has 1 saturated carbocycles. The Bertz CT molecular complexity index is 1240. The summed E-state index contributed by atoms with van der Waals surface area (Å²) in [5.74, 6) is -0.913. The molecule has 37 heavy (non-hydrogen) atoms. The molecule has 1 fully saturated rings. The maximum Gasteiger partial charge on any atom is 0.303 e. The van der Waals surface area contributed by atoms with Gasteiger partial charge in [0, 0.05) is 17.4 Å². The first-order valence-corrected chi connectivity index (χ1v) is 13.5. The molecule has 1 heterocycles.